The zero-order chi connectivity index (χ0) is 11.5. The van der Waals surface area contributed by atoms with Crippen molar-refractivity contribution in [2.75, 3.05) is 18.5 Å². The number of nitrogens with zero attached hydrogens (tertiary/aromatic N) is 2. The molecule has 0 unspecified atom stereocenters. The lowest BCUT2D eigenvalue weighted by molar-refractivity contribution is 0.916. The van der Waals surface area contributed by atoms with Crippen LogP contribution >= 0.6 is 0 Å². The molecule has 0 spiro atoms. The molecule has 0 saturated carbocycles. The number of hydrogen-bond donors (Lipinski definition) is 1. The Kier molecular flexibility index (Phi) is 3.06. The van der Waals surface area contributed by atoms with Crippen LogP contribution in [0.25, 0.3) is 10.9 Å². The maximum absolute atomic E-state index is 5.77. The van der Waals surface area contributed by atoms with E-state index in [0.717, 1.165) is 28.8 Å². The van der Waals surface area contributed by atoms with Gasteiger partial charge in [0.05, 0.1) is 5.52 Å². The molecule has 1 heterocycles. The fourth-order valence-electron chi connectivity index (χ4n) is 1.78. The molecule has 1 aromatic carbocycles. The molecule has 16 heavy (non-hydrogen) atoms. The second-order valence-electron chi connectivity index (χ2n) is 3.88. The summed E-state index contributed by atoms with van der Waals surface area (Å²) in [5.41, 5.74) is 7.89. The molecular formula is C13H17N3. The Bertz CT molecular complexity index is 494. The minimum Gasteiger partial charge on any atom is -0.360 e. The topological polar surface area (TPSA) is 42.2 Å². The van der Waals surface area contributed by atoms with Gasteiger partial charge in [0, 0.05) is 31.1 Å². The predicted molar refractivity (Wildman–Crippen MR) is 68.6 cm³/mol. The molecule has 0 atom stereocenters. The van der Waals surface area contributed by atoms with Crippen molar-refractivity contribution in [3.05, 3.63) is 35.9 Å². The molecule has 0 bridgehead atoms. The largest absolute Gasteiger partial charge is 0.360 e. The first-order chi connectivity index (χ1) is 7.76. The maximum atomic E-state index is 5.77. The highest BCUT2D eigenvalue weighted by atomic mass is 15.2. The highest BCUT2D eigenvalue weighted by molar-refractivity contribution is 5.81. The van der Waals surface area contributed by atoms with Gasteiger partial charge in [0.15, 0.2) is 0 Å². The van der Waals surface area contributed by atoms with Gasteiger partial charge in [0.1, 0.15) is 5.82 Å². The van der Waals surface area contributed by atoms with E-state index in [1.807, 2.05) is 25.2 Å². The van der Waals surface area contributed by atoms with Crippen molar-refractivity contribution in [2.45, 2.75) is 13.5 Å². The summed E-state index contributed by atoms with van der Waals surface area (Å²) < 4.78 is 0. The first-order valence-electron chi connectivity index (χ1n) is 5.56. The number of nitrogens with two attached hydrogens (primary N) is 1. The maximum Gasteiger partial charge on any atom is 0.133 e. The predicted octanol–water partition coefficient (Wildman–Crippen LogP) is 2.15. The van der Waals surface area contributed by atoms with E-state index in [2.05, 4.69) is 28.9 Å². The molecule has 0 amide bonds. The Hall–Kier alpha value is -1.61. The van der Waals surface area contributed by atoms with Crippen molar-refractivity contribution in [3.63, 3.8) is 0 Å². The fraction of sp³-hybridized carbons (Fsp3) is 0.308. The lowest BCUT2D eigenvalue weighted by Crippen LogP contribution is -2.20. The number of pyridine rings is 1. The molecule has 0 aliphatic heterocycles. The van der Waals surface area contributed by atoms with Crippen LogP contribution in [0, 0.1) is 0 Å². The van der Waals surface area contributed by atoms with Crippen LogP contribution in [-0.2, 0) is 6.54 Å². The summed E-state index contributed by atoms with van der Waals surface area (Å²) in [7, 11) is 2.04. The monoisotopic (exact) mass is 215 g/mol. The molecule has 2 N–H and O–H groups in total. The first kappa shape index (κ1) is 10.9. The van der Waals surface area contributed by atoms with Crippen LogP contribution in [0.5, 0.6) is 0 Å². The molecule has 84 valence electrons. The molecule has 0 aliphatic carbocycles. The molecule has 0 fully saturated rings. The quantitative estimate of drug-likeness (QED) is 0.853. The van der Waals surface area contributed by atoms with Crippen molar-refractivity contribution < 1.29 is 0 Å². The van der Waals surface area contributed by atoms with E-state index in [1.165, 1.54) is 0 Å². The Morgan fingerprint density at radius 3 is 2.75 bits per heavy atom. The molecule has 3 heteroatoms. The van der Waals surface area contributed by atoms with Crippen LogP contribution in [0.1, 0.15) is 12.5 Å². The summed E-state index contributed by atoms with van der Waals surface area (Å²) in [6.45, 7) is 3.56. The van der Waals surface area contributed by atoms with Crippen LogP contribution < -0.4 is 10.6 Å². The molecule has 0 saturated heterocycles. The van der Waals surface area contributed by atoms with Crippen LogP contribution in [0.15, 0.2) is 30.3 Å². The average Bonchev–Trinajstić information content (AvgIpc) is 2.36. The SMILES string of the molecule is CCN(C)c1nc2ccccc2cc1CN. The van der Waals surface area contributed by atoms with E-state index in [4.69, 9.17) is 5.73 Å². The molecule has 2 rings (SSSR count). The summed E-state index contributed by atoms with van der Waals surface area (Å²) in [5, 5.41) is 1.15. The van der Waals surface area contributed by atoms with Crippen molar-refractivity contribution >= 4 is 16.7 Å². The molecular weight excluding hydrogens is 198 g/mol. The van der Waals surface area contributed by atoms with E-state index >= 15 is 0 Å². The van der Waals surface area contributed by atoms with Crippen LogP contribution in [0.3, 0.4) is 0 Å². The molecule has 3 nitrogen and oxygen atoms in total. The lowest BCUT2D eigenvalue weighted by Gasteiger charge is -2.19. The standard InChI is InChI=1S/C13H17N3/c1-3-16(2)13-11(9-14)8-10-6-4-5-7-12(10)15-13/h4-8H,3,9,14H2,1-2H3. The summed E-state index contributed by atoms with van der Waals surface area (Å²) in [5.74, 6) is 0.990. The summed E-state index contributed by atoms with van der Waals surface area (Å²) in [6, 6.07) is 10.3. The van der Waals surface area contributed by atoms with E-state index < -0.39 is 0 Å². The fourth-order valence-corrected chi connectivity index (χ4v) is 1.78. The number of hydrogen-bond acceptors (Lipinski definition) is 3. The van der Waals surface area contributed by atoms with Crippen LogP contribution in [0.2, 0.25) is 0 Å². The van der Waals surface area contributed by atoms with E-state index in [9.17, 15) is 0 Å². The summed E-state index contributed by atoms with van der Waals surface area (Å²) in [6.07, 6.45) is 0. The molecule has 0 radical (unpaired) electrons. The molecule has 1 aromatic heterocycles. The number of aromatic nitrogens is 1. The van der Waals surface area contributed by atoms with Crippen LogP contribution in [0.4, 0.5) is 5.82 Å². The van der Waals surface area contributed by atoms with Gasteiger partial charge < -0.3 is 10.6 Å². The van der Waals surface area contributed by atoms with E-state index in [1.54, 1.807) is 0 Å². The van der Waals surface area contributed by atoms with Gasteiger partial charge in [0.2, 0.25) is 0 Å². The second-order valence-corrected chi connectivity index (χ2v) is 3.88. The average molecular weight is 215 g/mol. The Morgan fingerprint density at radius 2 is 2.06 bits per heavy atom. The van der Waals surface area contributed by atoms with E-state index in [-0.39, 0.29) is 0 Å². The van der Waals surface area contributed by atoms with Gasteiger partial charge in [-0.15, -0.1) is 0 Å². The smallest absolute Gasteiger partial charge is 0.133 e. The Morgan fingerprint density at radius 1 is 1.31 bits per heavy atom. The first-order valence-corrected chi connectivity index (χ1v) is 5.56. The normalized spacial score (nSPS) is 10.7. The van der Waals surface area contributed by atoms with E-state index in [0.29, 0.717) is 6.54 Å². The summed E-state index contributed by atoms with van der Waals surface area (Å²) in [4.78, 5) is 6.78. The second kappa shape index (κ2) is 4.49. The van der Waals surface area contributed by atoms with Crippen molar-refractivity contribution in [3.8, 4) is 0 Å². The van der Waals surface area contributed by atoms with Gasteiger partial charge in [-0.2, -0.15) is 0 Å². The number of fused-ring (bicyclic) bond motifs is 1. The Balaban J connectivity index is 2.62. The van der Waals surface area contributed by atoms with Gasteiger partial charge in [-0.05, 0) is 19.1 Å². The third kappa shape index (κ3) is 1.86. The minimum absolute atomic E-state index is 0.525. The number of benzene rings is 1. The highest BCUT2D eigenvalue weighted by Gasteiger charge is 2.08. The van der Waals surface area contributed by atoms with Crippen LogP contribution in [-0.4, -0.2) is 18.6 Å². The van der Waals surface area contributed by atoms with Gasteiger partial charge in [-0.3, -0.25) is 0 Å². The van der Waals surface area contributed by atoms with Gasteiger partial charge >= 0.3 is 0 Å². The van der Waals surface area contributed by atoms with Gasteiger partial charge in [-0.1, -0.05) is 18.2 Å². The van der Waals surface area contributed by atoms with Crippen molar-refractivity contribution in [2.24, 2.45) is 5.73 Å². The number of anilines is 1. The zero-order valence-electron chi connectivity index (χ0n) is 9.77. The number of rotatable bonds is 3. The minimum atomic E-state index is 0.525. The van der Waals surface area contributed by atoms with Crippen molar-refractivity contribution in [1.29, 1.82) is 0 Å². The molecule has 2 aromatic rings. The zero-order valence-corrected chi connectivity index (χ0v) is 9.77. The van der Waals surface area contributed by atoms with Gasteiger partial charge in [-0.25, -0.2) is 4.98 Å². The summed E-state index contributed by atoms with van der Waals surface area (Å²) >= 11 is 0. The third-order valence-electron chi connectivity index (χ3n) is 2.84. The third-order valence-corrected chi connectivity index (χ3v) is 2.84. The number of para-hydroxylation sites is 1. The van der Waals surface area contributed by atoms with Crippen molar-refractivity contribution in [1.82, 2.24) is 4.98 Å². The highest BCUT2D eigenvalue weighted by Crippen LogP contribution is 2.22. The Labute approximate surface area is 95.9 Å². The lowest BCUT2D eigenvalue weighted by atomic mass is 10.1. The molecule has 0 aliphatic rings. The van der Waals surface area contributed by atoms with Gasteiger partial charge in [0.25, 0.3) is 0 Å².